The lowest BCUT2D eigenvalue weighted by molar-refractivity contribution is 1.18. The van der Waals surface area contributed by atoms with Crippen LogP contribution in [0.25, 0.3) is 122 Å². The first-order valence-electron chi connectivity index (χ1n) is 23.4. The van der Waals surface area contributed by atoms with Crippen LogP contribution in [0.15, 0.2) is 267 Å². The van der Waals surface area contributed by atoms with E-state index in [-0.39, 0.29) is 0 Å². The highest BCUT2D eigenvalue weighted by atomic mass is 15.0. The predicted molar refractivity (Wildman–Crippen MR) is 288 cm³/mol. The number of nitrogens with zero attached hydrogens (tertiary/aromatic N) is 2. The minimum absolute atomic E-state index is 1.14. The van der Waals surface area contributed by atoms with E-state index in [1.165, 1.54) is 116 Å². The minimum Gasteiger partial charge on any atom is -0.309 e. The molecule has 0 spiro atoms. The quantitative estimate of drug-likeness (QED) is 0.144. The van der Waals surface area contributed by atoms with Gasteiger partial charge >= 0.3 is 0 Å². The molecule has 0 unspecified atom stereocenters. The van der Waals surface area contributed by atoms with Crippen LogP contribution in [0.2, 0.25) is 0 Å². The third kappa shape index (κ3) is 6.90. The summed E-state index contributed by atoms with van der Waals surface area (Å²) in [5, 5.41) is 5.00. The molecule has 0 radical (unpaired) electrons. The Hall–Kier alpha value is -8.98. The molecule has 0 amide bonds. The van der Waals surface area contributed by atoms with Gasteiger partial charge in [-0.1, -0.05) is 188 Å². The van der Waals surface area contributed by atoms with Crippen molar-refractivity contribution in [3.8, 4) is 78.1 Å². The number of aromatic nitrogens is 2. The third-order valence-corrected chi connectivity index (χ3v) is 13.7. The van der Waals surface area contributed by atoms with Gasteiger partial charge in [0.05, 0.1) is 22.1 Å². The Kier molecular flexibility index (Phi) is 9.54. The van der Waals surface area contributed by atoms with Crippen molar-refractivity contribution in [1.82, 2.24) is 9.13 Å². The summed E-state index contributed by atoms with van der Waals surface area (Å²) in [7, 11) is 0. The van der Waals surface area contributed by atoms with Gasteiger partial charge in [-0.25, -0.2) is 0 Å². The van der Waals surface area contributed by atoms with Crippen molar-refractivity contribution in [3.05, 3.63) is 267 Å². The Morgan fingerprint density at radius 3 is 0.941 bits per heavy atom. The summed E-state index contributed by atoms with van der Waals surface area (Å²) in [4.78, 5) is 0. The molecule has 0 N–H and O–H groups in total. The van der Waals surface area contributed by atoms with Crippen molar-refractivity contribution in [2.45, 2.75) is 0 Å². The Morgan fingerprint density at radius 2 is 0.456 bits per heavy atom. The van der Waals surface area contributed by atoms with Crippen LogP contribution < -0.4 is 0 Å². The van der Waals surface area contributed by atoms with Crippen molar-refractivity contribution in [2.75, 3.05) is 0 Å². The number of para-hydroxylation sites is 3. The van der Waals surface area contributed by atoms with Gasteiger partial charge in [-0.05, 0) is 146 Å². The molecule has 0 fully saturated rings. The lowest BCUT2D eigenvalue weighted by Gasteiger charge is -2.12. The Balaban J connectivity index is 0.807. The normalized spacial score (nSPS) is 11.5. The first kappa shape index (κ1) is 39.4. The molecule has 0 saturated carbocycles. The van der Waals surface area contributed by atoms with E-state index in [4.69, 9.17) is 0 Å². The van der Waals surface area contributed by atoms with E-state index < -0.39 is 0 Å². The van der Waals surface area contributed by atoms with E-state index in [1.54, 1.807) is 0 Å². The highest BCUT2D eigenvalue weighted by molar-refractivity contribution is 6.12. The highest BCUT2D eigenvalue weighted by Crippen LogP contribution is 2.39. The molecule has 2 aromatic heterocycles. The number of fused-ring (bicyclic) bond motifs is 6. The largest absolute Gasteiger partial charge is 0.309 e. The summed E-state index contributed by atoms with van der Waals surface area (Å²) >= 11 is 0. The van der Waals surface area contributed by atoms with Crippen molar-refractivity contribution in [2.24, 2.45) is 0 Å². The minimum atomic E-state index is 1.14. The summed E-state index contributed by atoms with van der Waals surface area (Å²) in [5.41, 5.74) is 21.6. The van der Waals surface area contributed by atoms with Crippen LogP contribution >= 0.6 is 0 Å². The first-order valence-corrected chi connectivity index (χ1v) is 23.4. The Bertz CT molecular complexity index is 4000. The topological polar surface area (TPSA) is 9.86 Å². The number of benzene rings is 11. The molecular weight excluding hydrogens is 821 g/mol. The van der Waals surface area contributed by atoms with Gasteiger partial charge in [0.2, 0.25) is 0 Å². The molecule has 0 aliphatic heterocycles. The van der Waals surface area contributed by atoms with Gasteiger partial charge in [-0.3, -0.25) is 0 Å². The SMILES string of the molecule is c1ccc(-c2cccc(-c3cccc(-c4cccc(-c5ccc(-c6cccc(-n7c8ccccc8c8cc(-c9ccc%10c(c9)c9ccccc9n%10-c9ccccc9)ccc87)c6)cc5)c4)c3)c2)cc1. The van der Waals surface area contributed by atoms with E-state index in [2.05, 4.69) is 276 Å². The summed E-state index contributed by atoms with van der Waals surface area (Å²) in [6, 6.07) is 97.3. The fourth-order valence-electron chi connectivity index (χ4n) is 10.4. The smallest absolute Gasteiger partial charge is 0.0541 e. The molecule has 0 aliphatic carbocycles. The average molecular weight is 865 g/mol. The number of hydrogen-bond acceptors (Lipinski definition) is 0. The average Bonchev–Trinajstić information content (AvgIpc) is 3.94. The molecule has 0 atom stereocenters. The van der Waals surface area contributed by atoms with E-state index in [0.29, 0.717) is 0 Å². The zero-order valence-electron chi connectivity index (χ0n) is 37.3. The third-order valence-electron chi connectivity index (χ3n) is 13.7. The van der Waals surface area contributed by atoms with E-state index in [0.717, 1.165) is 5.69 Å². The maximum absolute atomic E-state index is 2.42. The van der Waals surface area contributed by atoms with Crippen LogP contribution in [-0.2, 0) is 0 Å². The van der Waals surface area contributed by atoms with Crippen LogP contribution in [-0.4, -0.2) is 9.13 Å². The van der Waals surface area contributed by atoms with Gasteiger partial charge in [-0.15, -0.1) is 0 Å². The van der Waals surface area contributed by atoms with Crippen LogP contribution in [0.3, 0.4) is 0 Å². The molecular formula is C66H44N2. The van der Waals surface area contributed by atoms with Gasteiger partial charge in [0.1, 0.15) is 0 Å². The van der Waals surface area contributed by atoms with Crippen molar-refractivity contribution < 1.29 is 0 Å². The van der Waals surface area contributed by atoms with E-state index in [1.807, 2.05) is 0 Å². The molecule has 318 valence electrons. The van der Waals surface area contributed by atoms with Crippen LogP contribution in [0.4, 0.5) is 0 Å². The lowest BCUT2D eigenvalue weighted by Crippen LogP contribution is -1.94. The Labute approximate surface area is 395 Å². The van der Waals surface area contributed by atoms with Gasteiger partial charge < -0.3 is 9.13 Å². The van der Waals surface area contributed by atoms with Crippen LogP contribution in [0, 0.1) is 0 Å². The maximum atomic E-state index is 2.42. The predicted octanol–water partition coefficient (Wildman–Crippen LogP) is 17.9. The molecule has 0 bridgehead atoms. The molecule has 0 saturated heterocycles. The molecule has 2 heteroatoms. The highest BCUT2D eigenvalue weighted by Gasteiger charge is 2.17. The second-order valence-corrected chi connectivity index (χ2v) is 17.7. The maximum Gasteiger partial charge on any atom is 0.0541 e. The molecule has 13 rings (SSSR count). The standard InChI is InChI=1S/C66H44N2/c1-3-15-45(16-4-1)48-17-11-19-50(39-48)52-21-13-22-53(41-52)51-20-12-18-49(40-51)46-31-33-47(34-32-46)54-23-14-26-58(42-54)68-64-30-10-8-28-60(64)62-44-56(36-38-66(62)68)55-35-37-65-61(43-55)59-27-7-9-29-63(59)67(65)57-24-5-2-6-25-57/h1-44H. The Morgan fingerprint density at radius 1 is 0.162 bits per heavy atom. The van der Waals surface area contributed by atoms with Gasteiger partial charge in [0.15, 0.2) is 0 Å². The first-order chi connectivity index (χ1) is 33.7. The monoisotopic (exact) mass is 864 g/mol. The van der Waals surface area contributed by atoms with Crippen molar-refractivity contribution in [1.29, 1.82) is 0 Å². The van der Waals surface area contributed by atoms with Crippen LogP contribution in [0.1, 0.15) is 0 Å². The van der Waals surface area contributed by atoms with E-state index in [9.17, 15) is 0 Å². The zero-order chi connectivity index (χ0) is 45.0. The summed E-state index contributed by atoms with van der Waals surface area (Å²) in [5.74, 6) is 0. The summed E-state index contributed by atoms with van der Waals surface area (Å²) in [6.45, 7) is 0. The van der Waals surface area contributed by atoms with Crippen molar-refractivity contribution >= 4 is 43.6 Å². The molecule has 11 aromatic carbocycles. The summed E-state index contributed by atoms with van der Waals surface area (Å²) < 4.78 is 4.80. The molecule has 2 nitrogen and oxygen atoms in total. The lowest BCUT2D eigenvalue weighted by atomic mass is 9.94. The van der Waals surface area contributed by atoms with Gasteiger partial charge in [0.25, 0.3) is 0 Å². The molecule has 0 aliphatic rings. The van der Waals surface area contributed by atoms with E-state index >= 15 is 0 Å². The number of rotatable bonds is 8. The number of hydrogen-bond donors (Lipinski definition) is 0. The van der Waals surface area contributed by atoms with Gasteiger partial charge in [-0.2, -0.15) is 0 Å². The fourth-order valence-corrected chi connectivity index (χ4v) is 10.4. The fraction of sp³-hybridized carbons (Fsp3) is 0. The van der Waals surface area contributed by atoms with Crippen molar-refractivity contribution in [3.63, 3.8) is 0 Å². The molecule has 13 aromatic rings. The summed E-state index contributed by atoms with van der Waals surface area (Å²) in [6.07, 6.45) is 0. The van der Waals surface area contributed by atoms with Gasteiger partial charge in [0, 0.05) is 32.9 Å². The molecule has 2 heterocycles. The second-order valence-electron chi connectivity index (χ2n) is 17.7. The molecule has 68 heavy (non-hydrogen) atoms. The van der Waals surface area contributed by atoms with Crippen LogP contribution in [0.5, 0.6) is 0 Å². The zero-order valence-corrected chi connectivity index (χ0v) is 37.3. The second kappa shape index (κ2) is 16.5.